The number of rotatable bonds is 8. The van der Waals surface area contributed by atoms with Crippen LogP contribution in [0, 0.1) is 10.1 Å². The first-order valence-corrected chi connectivity index (χ1v) is 7.35. The lowest BCUT2D eigenvalue weighted by Crippen LogP contribution is -2.17. The van der Waals surface area contributed by atoms with E-state index in [4.69, 9.17) is 4.74 Å². The normalized spacial score (nSPS) is 9.96. The Morgan fingerprint density at radius 3 is 2.57 bits per heavy atom. The highest BCUT2D eigenvalue weighted by atomic mass is 35.5. The maximum atomic E-state index is 10.9. The van der Waals surface area contributed by atoms with Gasteiger partial charge in [0.15, 0.2) is 0 Å². The number of nitrogens with zero attached hydrogens (tertiary/aromatic N) is 1. The second-order valence-electron chi connectivity index (χ2n) is 4.89. The highest BCUT2D eigenvalue weighted by Gasteiger charge is 2.11. The Balaban J connectivity index is 0.00000264. The second kappa shape index (κ2) is 9.82. The molecule has 2 rings (SSSR count). The highest BCUT2D eigenvalue weighted by molar-refractivity contribution is 5.85. The van der Waals surface area contributed by atoms with E-state index in [0.29, 0.717) is 18.9 Å². The molecule has 0 saturated carbocycles. The molecule has 5 nitrogen and oxygen atoms in total. The molecule has 1 N–H and O–H groups in total. The van der Waals surface area contributed by atoms with Crippen LogP contribution in [0.4, 0.5) is 5.69 Å². The van der Waals surface area contributed by atoms with Gasteiger partial charge >= 0.3 is 0 Å². The van der Waals surface area contributed by atoms with E-state index >= 15 is 0 Å². The summed E-state index contributed by atoms with van der Waals surface area (Å²) in [4.78, 5) is 10.5. The fourth-order valence-corrected chi connectivity index (χ4v) is 2.21. The van der Waals surface area contributed by atoms with Crippen LogP contribution in [0.3, 0.4) is 0 Å². The maximum absolute atomic E-state index is 10.9. The SMILES string of the molecule is CCOc1ccc([N+](=O)[O-])cc1CNCCc1ccccc1.Cl. The zero-order chi connectivity index (χ0) is 15.8. The minimum Gasteiger partial charge on any atom is -0.494 e. The molecule has 0 aromatic heterocycles. The summed E-state index contributed by atoms with van der Waals surface area (Å²) in [6, 6.07) is 14.9. The number of hydrogen-bond acceptors (Lipinski definition) is 4. The molecular weight excluding hydrogens is 316 g/mol. The van der Waals surface area contributed by atoms with Crippen molar-refractivity contribution in [1.29, 1.82) is 0 Å². The van der Waals surface area contributed by atoms with Gasteiger partial charge in [0.25, 0.3) is 5.69 Å². The molecule has 0 bridgehead atoms. The lowest BCUT2D eigenvalue weighted by atomic mass is 10.1. The number of nitro groups is 1. The van der Waals surface area contributed by atoms with Crippen molar-refractivity contribution in [2.75, 3.05) is 13.2 Å². The fourth-order valence-electron chi connectivity index (χ4n) is 2.21. The number of ether oxygens (including phenoxy) is 1. The third-order valence-electron chi connectivity index (χ3n) is 3.30. The van der Waals surface area contributed by atoms with Crippen LogP contribution in [0.5, 0.6) is 5.75 Å². The van der Waals surface area contributed by atoms with Gasteiger partial charge in [-0.25, -0.2) is 0 Å². The summed E-state index contributed by atoms with van der Waals surface area (Å²) in [5.74, 6) is 0.695. The molecule has 0 radical (unpaired) electrons. The van der Waals surface area contributed by atoms with Crippen LogP contribution >= 0.6 is 12.4 Å². The van der Waals surface area contributed by atoms with E-state index in [1.165, 1.54) is 11.6 Å². The average molecular weight is 337 g/mol. The van der Waals surface area contributed by atoms with E-state index in [0.717, 1.165) is 18.5 Å². The van der Waals surface area contributed by atoms with Crippen molar-refractivity contribution >= 4 is 18.1 Å². The molecule has 2 aromatic rings. The van der Waals surface area contributed by atoms with Crippen molar-refractivity contribution in [1.82, 2.24) is 5.32 Å². The fraction of sp³-hybridized carbons (Fsp3) is 0.294. The van der Waals surface area contributed by atoms with Crippen LogP contribution in [0.15, 0.2) is 48.5 Å². The monoisotopic (exact) mass is 336 g/mol. The highest BCUT2D eigenvalue weighted by Crippen LogP contribution is 2.24. The summed E-state index contributed by atoms with van der Waals surface area (Å²) in [5.41, 5.74) is 2.16. The van der Waals surface area contributed by atoms with Gasteiger partial charge in [-0.2, -0.15) is 0 Å². The first-order chi connectivity index (χ1) is 10.7. The molecule has 0 unspecified atom stereocenters. The molecule has 0 spiro atoms. The minimum absolute atomic E-state index is 0. The van der Waals surface area contributed by atoms with Gasteiger partial charge in [-0.3, -0.25) is 10.1 Å². The molecule has 2 aromatic carbocycles. The van der Waals surface area contributed by atoms with Gasteiger partial charge in [0.2, 0.25) is 0 Å². The lowest BCUT2D eigenvalue weighted by Gasteiger charge is -2.11. The number of nitrogens with one attached hydrogen (secondary N) is 1. The Bertz CT molecular complexity index is 620. The Labute approximate surface area is 142 Å². The van der Waals surface area contributed by atoms with Gasteiger partial charge in [0.1, 0.15) is 5.75 Å². The quantitative estimate of drug-likeness (QED) is 0.453. The smallest absolute Gasteiger partial charge is 0.270 e. The number of non-ortho nitro benzene ring substituents is 1. The number of halogens is 1. The molecule has 0 saturated heterocycles. The van der Waals surface area contributed by atoms with Crippen LogP contribution in [-0.2, 0) is 13.0 Å². The third kappa shape index (κ3) is 5.88. The minimum atomic E-state index is -0.386. The van der Waals surface area contributed by atoms with Gasteiger partial charge in [0, 0.05) is 24.2 Å². The number of benzene rings is 2. The van der Waals surface area contributed by atoms with Crippen molar-refractivity contribution < 1.29 is 9.66 Å². The van der Waals surface area contributed by atoms with E-state index in [-0.39, 0.29) is 23.0 Å². The van der Waals surface area contributed by atoms with E-state index in [1.807, 2.05) is 25.1 Å². The first kappa shape index (κ1) is 18.9. The topological polar surface area (TPSA) is 64.4 Å². The summed E-state index contributed by atoms with van der Waals surface area (Å²) in [7, 11) is 0. The molecule has 0 atom stereocenters. The Kier molecular flexibility index (Phi) is 8.08. The maximum Gasteiger partial charge on any atom is 0.270 e. The Morgan fingerprint density at radius 1 is 1.17 bits per heavy atom. The van der Waals surface area contributed by atoms with Crippen LogP contribution in [0.1, 0.15) is 18.1 Å². The van der Waals surface area contributed by atoms with Crippen molar-refractivity contribution in [3.8, 4) is 5.75 Å². The van der Waals surface area contributed by atoms with Crippen molar-refractivity contribution in [3.63, 3.8) is 0 Å². The molecule has 0 amide bonds. The number of nitro benzene ring substituents is 1. The molecular formula is C17H21ClN2O3. The van der Waals surface area contributed by atoms with Crippen molar-refractivity contribution in [2.24, 2.45) is 0 Å². The average Bonchev–Trinajstić information content (AvgIpc) is 2.54. The van der Waals surface area contributed by atoms with Crippen LogP contribution < -0.4 is 10.1 Å². The molecule has 0 aliphatic heterocycles. The summed E-state index contributed by atoms with van der Waals surface area (Å²) in [5, 5.41) is 14.2. The molecule has 23 heavy (non-hydrogen) atoms. The Hall–Kier alpha value is -2.11. The second-order valence-corrected chi connectivity index (χ2v) is 4.89. The third-order valence-corrected chi connectivity index (χ3v) is 3.30. The molecule has 0 aliphatic rings. The van der Waals surface area contributed by atoms with E-state index < -0.39 is 0 Å². The molecule has 6 heteroatoms. The summed E-state index contributed by atoms with van der Waals surface area (Å²) >= 11 is 0. The van der Waals surface area contributed by atoms with E-state index in [2.05, 4.69) is 17.4 Å². The van der Waals surface area contributed by atoms with Crippen molar-refractivity contribution in [2.45, 2.75) is 19.9 Å². The molecule has 0 fully saturated rings. The number of hydrogen-bond donors (Lipinski definition) is 1. The van der Waals surface area contributed by atoms with Crippen LogP contribution in [0.25, 0.3) is 0 Å². The predicted molar refractivity (Wildman–Crippen MR) is 93.4 cm³/mol. The zero-order valence-corrected chi connectivity index (χ0v) is 13.8. The van der Waals surface area contributed by atoms with Gasteiger partial charge in [-0.1, -0.05) is 30.3 Å². The summed E-state index contributed by atoms with van der Waals surface area (Å²) in [6.07, 6.45) is 0.916. The van der Waals surface area contributed by atoms with Crippen LogP contribution in [-0.4, -0.2) is 18.1 Å². The van der Waals surface area contributed by atoms with E-state index in [1.54, 1.807) is 12.1 Å². The van der Waals surface area contributed by atoms with Gasteiger partial charge in [-0.05, 0) is 31.5 Å². The molecule has 0 aliphatic carbocycles. The summed E-state index contributed by atoms with van der Waals surface area (Å²) < 4.78 is 5.52. The van der Waals surface area contributed by atoms with Crippen molar-refractivity contribution in [3.05, 3.63) is 69.8 Å². The van der Waals surface area contributed by atoms with Gasteiger partial charge < -0.3 is 10.1 Å². The lowest BCUT2D eigenvalue weighted by molar-refractivity contribution is -0.384. The Morgan fingerprint density at radius 2 is 1.91 bits per heavy atom. The first-order valence-electron chi connectivity index (χ1n) is 7.35. The standard InChI is InChI=1S/C17H20N2O3.ClH/c1-2-22-17-9-8-16(19(20)21)12-15(17)13-18-11-10-14-6-4-3-5-7-14;/h3-9,12,18H,2,10-11,13H2,1H3;1H. The van der Waals surface area contributed by atoms with Crippen LogP contribution in [0.2, 0.25) is 0 Å². The van der Waals surface area contributed by atoms with E-state index in [9.17, 15) is 10.1 Å². The van der Waals surface area contributed by atoms with Gasteiger partial charge in [-0.15, -0.1) is 12.4 Å². The summed E-state index contributed by atoms with van der Waals surface area (Å²) in [6.45, 7) is 3.78. The largest absolute Gasteiger partial charge is 0.494 e. The van der Waals surface area contributed by atoms with Gasteiger partial charge in [0.05, 0.1) is 11.5 Å². The zero-order valence-electron chi connectivity index (χ0n) is 13.0. The predicted octanol–water partition coefficient (Wildman–Crippen LogP) is 3.75. The molecule has 124 valence electrons. The molecule has 0 heterocycles.